The number of carboxylic acids is 1. The third kappa shape index (κ3) is 5.44. The molecule has 2 heterocycles. The summed E-state index contributed by atoms with van der Waals surface area (Å²) in [4.78, 5) is 23.6. The number of hydrogen-bond acceptors (Lipinski definition) is 9. The van der Waals surface area contributed by atoms with Crippen LogP contribution in [0.5, 0.6) is 11.6 Å². The summed E-state index contributed by atoms with van der Waals surface area (Å²) in [5.74, 6) is -0.392. The molecule has 12 nitrogen and oxygen atoms in total. The highest BCUT2D eigenvalue weighted by Gasteiger charge is 2.36. The van der Waals surface area contributed by atoms with Crippen LogP contribution in [0.25, 0.3) is 11.2 Å². The number of nitrogens with one attached hydrogen (secondary N) is 1. The zero-order valence-corrected chi connectivity index (χ0v) is 20.0. The first-order valence-corrected chi connectivity index (χ1v) is 12.3. The summed E-state index contributed by atoms with van der Waals surface area (Å²) < 4.78 is 32.2. The summed E-state index contributed by atoms with van der Waals surface area (Å²) in [5, 5.41) is 11.3. The lowest BCUT2D eigenvalue weighted by Crippen LogP contribution is -2.31. The molecular formula is C19H22BrN6O6P. The molecule has 1 unspecified atom stereocenters. The molecule has 0 bridgehead atoms. The summed E-state index contributed by atoms with van der Waals surface area (Å²) in [6, 6.07) is 6.74. The Balaban J connectivity index is 1.39. The lowest BCUT2D eigenvalue weighted by atomic mass is 9.81. The van der Waals surface area contributed by atoms with Crippen LogP contribution in [-0.4, -0.2) is 50.9 Å². The van der Waals surface area contributed by atoms with Gasteiger partial charge in [-0.2, -0.15) is 9.97 Å². The number of rotatable bonds is 10. The van der Waals surface area contributed by atoms with E-state index in [1.54, 1.807) is 30.6 Å². The van der Waals surface area contributed by atoms with E-state index in [4.69, 9.17) is 24.6 Å². The third-order valence-corrected chi connectivity index (χ3v) is 7.16. The number of fused-ring (bicyclic) bond motifs is 1. The maximum Gasteiger partial charge on any atom is 0.459 e. The van der Waals surface area contributed by atoms with Crippen molar-refractivity contribution in [1.29, 1.82) is 0 Å². The number of anilines is 1. The van der Waals surface area contributed by atoms with Gasteiger partial charge in [0.25, 0.3) is 0 Å². The first-order chi connectivity index (χ1) is 15.8. The Labute approximate surface area is 197 Å². The van der Waals surface area contributed by atoms with E-state index in [1.165, 1.54) is 7.11 Å². The van der Waals surface area contributed by atoms with Crippen molar-refractivity contribution < 1.29 is 28.3 Å². The molecule has 1 aliphatic rings. The van der Waals surface area contributed by atoms with Gasteiger partial charge in [-0.05, 0) is 43.0 Å². The average Bonchev–Trinajstić information content (AvgIpc) is 3.16. The van der Waals surface area contributed by atoms with Crippen LogP contribution in [0.1, 0.15) is 18.9 Å². The van der Waals surface area contributed by atoms with Gasteiger partial charge in [-0.3, -0.25) is 9.32 Å². The number of carboxylic acid groups (broad SMARTS) is 1. The number of methoxy groups -OCH3 is 1. The van der Waals surface area contributed by atoms with Gasteiger partial charge in [0.1, 0.15) is 12.3 Å². The molecule has 0 amide bonds. The van der Waals surface area contributed by atoms with Crippen LogP contribution in [0.3, 0.4) is 0 Å². The molecule has 3 aromatic rings. The molecule has 1 aromatic carbocycles. The van der Waals surface area contributed by atoms with E-state index in [9.17, 15) is 9.36 Å². The summed E-state index contributed by atoms with van der Waals surface area (Å²) >= 11 is 3.31. The highest BCUT2D eigenvalue weighted by atomic mass is 79.9. The predicted octanol–water partition coefficient (Wildman–Crippen LogP) is 3.01. The Morgan fingerprint density at radius 3 is 2.73 bits per heavy atom. The third-order valence-electron chi connectivity index (χ3n) is 5.15. The number of aromatic nitrogens is 4. The zero-order valence-electron chi connectivity index (χ0n) is 17.5. The lowest BCUT2D eigenvalue weighted by Gasteiger charge is -2.36. The molecule has 4 rings (SSSR count). The van der Waals surface area contributed by atoms with Crippen molar-refractivity contribution in [2.45, 2.75) is 18.9 Å². The number of imidazole rings is 1. The predicted molar refractivity (Wildman–Crippen MR) is 122 cm³/mol. The number of benzene rings is 1. The van der Waals surface area contributed by atoms with Crippen LogP contribution in [0, 0.1) is 5.92 Å². The summed E-state index contributed by atoms with van der Waals surface area (Å²) in [7, 11) is -2.41. The van der Waals surface area contributed by atoms with Crippen molar-refractivity contribution in [3.05, 3.63) is 35.1 Å². The maximum atomic E-state index is 13.1. The molecule has 0 spiro atoms. The van der Waals surface area contributed by atoms with Gasteiger partial charge in [-0.1, -0.05) is 15.9 Å². The van der Waals surface area contributed by atoms with Crippen molar-refractivity contribution in [3.8, 4) is 11.6 Å². The minimum Gasteiger partial charge on any atom is -0.480 e. The van der Waals surface area contributed by atoms with E-state index in [-0.39, 0.29) is 24.5 Å². The quantitative estimate of drug-likeness (QED) is 0.323. The summed E-state index contributed by atoms with van der Waals surface area (Å²) in [6.07, 6.45) is 3.10. The van der Waals surface area contributed by atoms with Gasteiger partial charge in [0.05, 0.1) is 20.0 Å². The molecule has 0 radical (unpaired) electrons. The largest absolute Gasteiger partial charge is 0.480 e. The zero-order chi connectivity index (χ0) is 23.6. The van der Waals surface area contributed by atoms with Gasteiger partial charge < -0.3 is 24.7 Å². The normalized spacial score (nSPS) is 19.6. The number of nitrogens with two attached hydrogens (primary N) is 1. The van der Waals surface area contributed by atoms with Gasteiger partial charge in [0, 0.05) is 10.5 Å². The van der Waals surface area contributed by atoms with Gasteiger partial charge in [-0.25, -0.2) is 14.6 Å². The Kier molecular flexibility index (Phi) is 6.84. The number of halogens is 1. The van der Waals surface area contributed by atoms with Crippen molar-refractivity contribution in [3.63, 3.8) is 0 Å². The lowest BCUT2D eigenvalue weighted by molar-refractivity contribution is -0.135. The first kappa shape index (κ1) is 23.4. The van der Waals surface area contributed by atoms with Crippen LogP contribution >= 0.6 is 23.7 Å². The fraction of sp³-hybridized carbons (Fsp3) is 0.368. The minimum absolute atomic E-state index is 0.0852. The van der Waals surface area contributed by atoms with E-state index in [1.807, 2.05) is 4.57 Å². The van der Waals surface area contributed by atoms with Gasteiger partial charge in [-0.15, -0.1) is 0 Å². The van der Waals surface area contributed by atoms with Crippen molar-refractivity contribution in [1.82, 2.24) is 24.6 Å². The average molecular weight is 541 g/mol. The number of nitrogens with zero attached hydrogens (tertiary/aromatic N) is 4. The Morgan fingerprint density at radius 1 is 1.33 bits per heavy atom. The second kappa shape index (κ2) is 9.64. The fourth-order valence-electron chi connectivity index (χ4n) is 3.49. The SMILES string of the molecule is COc1nc(N)nc2c1ncn2C1CC(COP(=O)(NCC(=O)O)Oc2ccc(Br)cc2)C1. The van der Waals surface area contributed by atoms with Crippen molar-refractivity contribution in [2.24, 2.45) is 5.92 Å². The molecule has 4 N–H and O–H groups in total. The smallest absolute Gasteiger partial charge is 0.459 e. The van der Waals surface area contributed by atoms with Crippen LogP contribution in [0.2, 0.25) is 0 Å². The number of aliphatic carboxylic acids is 1. The molecule has 1 saturated carbocycles. The van der Waals surface area contributed by atoms with Gasteiger partial charge >= 0.3 is 13.7 Å². The van der Waals surface area contributed by atoms with E-state index < -0.39 is 20.3 Å². The van der Waals surface area contributed by atoms with Crippen molar-refractivity contribution >= 4 is 46.8 Å². The topological polar surface area (TPSA) is 164 Å². The Hall–Kier alpha value is -2.73. The van der Waals surface area contributed by atoms with Crippen LogP contribution in [0.4, 0.5) is 5.95 Å². The highest BCUT2D eigenvalue weighted by Crippen LogP contribution is 2.47. The molecule has 1 aliphatic carbocycles. The number of hydrogen-bond donors (Lipinski definition) is 3. The van der Waals surface area contributed by atoms with Crippen molar-refractivity contribution in [2.75, 3.05) is 26.0 Å². The number of ether oxygens (including phenoxy) is 1. The standard InChI is InChI=1S/C19H22BrN6O6P/c1-30-18-16-17(24-19(21)25-18)26(10-22-16)13-6-11(7-13)9-31-33(29,23-8-15(27)28)32-14-4-2-12(20)3-5-14/h2-5,10-11,13H,6-9H2,1H3,(H,23,29)(H,27,28)(H2,21,24,25). The summed E-state index contributed by atoms with van der Waals surface area (Å²) in [5.41, 5.74) is 6.88. The van der Waals surface area contributed by atoms with E-state index >= 15 is 0 Å². The number of carbonyl (C=O) groups is 1. The molecule has 1 atom stereocenters. The monoisotopic (exact) mass is 540 g/mol. The Morgan fingerprint density at radius 2 is 2.06 bits per heavy atom. The van der Waals surface area contributed by atoms with Crippen LogP contribution in [-0.2, 0) is 13.9 Å². The van der Waals surface area contributed by atoms with E-state index in [0.717, 1.165) is 17.3 Å². The number of nitrogen functional groups attached to an aromatic ring is 1. The highest BCUT2D eigenvalue weighted by molar-refractivity contribution is 9.10. The molecule has 33 heavy (non-hydrogen) atoms. The minimum atomic E-state index is -3.90. The van der Waals surface area contributed by atoms with E-state index in [2.05, 4.69) is 36.0 Å². The van der Waals surface area contributed by atoms with E-state index in [0.29, 0.717) is 22.8 Å². The molecule has 14 heteroatoms. The molecule has 0 aliphatic heterocycles. The van der Waals surface area contributed by atoms with Gasteiger partial charge in [0.2, 0.25) is 11.8 Å². The van der Waals surface area contributed by atoms with Gasteiger partial charge in [0.15, 0.2) is 11.2 Å². The second-order valence-corrected chi connectivity index (χ2v) is 10.1. The first-order valence-electron chi connectivity index (χ1n) is 9.97. The maximum absolute atomic E-state index is 13.1. The second-order valence-electron chi connectivity index (χ2n) is 7.47. The fourth-order valence-corrected chi connectivity index (χ4v) is 5.09. The molecule has 0 saturated heterocycles. The van der Waals surface area contributed by atoms with Crippen LogP contribution in [0.15, 0.2) is 35.1 Å². The summed E-state index contributed by atoms with van der Waals surface area (Å²) in [6.45, 7) is -0.435. The molecular weight excluding hydrogens is 519 g/mol. The molecule has 176 valence electrons. The molecule has 2 aromatic heterocycles. The van der Waals surface area contributed by atoms with Crippen LogP contribution < -0.4 is 20.1 Å². The Bertz CT molecular complexity index is 1200. The molecule has 1 fully saturated rings.